The van der Waals surface area contributed by atoms with Crippen molar-refractivity contribution < 1.29 is 19.1 Å². The Hall–Kier alpha value is -2.44. The minimum Gasteiger partial charge on any atom is -0.462 e. The molecule has 0 spiro atoms. The van der Waals surface area contributed by atoms with Crippen LogP contribution in [-0.4, -0.2) is 35.1 Å². The van der Waals surface area contributed by atoms with Gasteiger partial charge in [0.05, 0.1) is 25.1 Å². The molecule has 0 aliphatic heterocycles. The number of hydrogen-bond donors (Lipinski definition) is 1. The number of aryl methyl sites for hydroxylation is 1. The third-order valence-corrected chi connectivity index (χ3v) is 2.11. The predicted octanol–water partition coefficient (Wildman–Crippen LogP) is 1.21. The quantitative estimate of drug-likeness (QED) is 0.362. The minimum absolute atomic E-state index is 0.166. The van der Waals surface area contributed by atoms with Crippen LogP contribution in [0.15, 0.2) is 24.2 Å². The van der Waals surface area contributed by atoms with E-state index in [1.807, 2.05) is 0 Å². The second-order valence-corrected chi connectivity index (χ2v) is 3.69. The van der Waals surface area contributed by atoms with Crippen LogP contribution in [-0.2, 0) is 19.1 Å². The largest absolute Gasteiger partial charge is 0.462 e. The Labute approximate surface area is 117 Å². The molecule has 1 heterocycles. The molecule has 0 saturated carbocycles. The van der Waals surface area contributed by atoms with Crippen molar-refractivity contribution in [1.82, 2.24) is 9.97 Å². The van der Waals surface area contributed by atoms with Crippen LogP contribution >= 0.6 is 0 Å². The summed E-state index contributed by atoms with van der Waals surface area (Å²) < 4.78 is 9.60. The number of carbonyl (C=O) groups is 2. The molecule has 0 amide bonds. The van der Waals surface area contributed by atoms with Gasteiger partial charge in [-0.15, -0.1) is 0 Å². The minimum atomic E-state index is -0.751. The standard InChI is InChI=1S/C13H17N3O4/c1-4-19-12(17)10(13(18)20-5-2)7-15-11-8-14-6-9(3)16-11/h6-8H,4-5H2,1-3H3,(H,15,16). The molecule has 0 aromatic carbocycles. The molecular weight excluding hydrogens is 262 g/mol. The second kappa shape index (κ2) is 7.88. The van der Waals surface area contributed by atoms with Crippen molar-refractivity contribution in [3.63, 3.8) is 0 Å². The normalized spacial score (nSPS) is 9.55. The first-order valence-electron chi connectivity index (χ1n) is 6.18. The molecular formula is C13H17N3O4. The number of nitrogens with one attached hydrogen (secondary N) is 1. The highest BCUT2D eigenvalue weighted by atomic mass is 16.6. The van der Waals surface area contributed by atoms with Crippen LogP contribution in [0.1, 0.15) is 19.5 Å². The highest BCUT2D eigenvalue weighted by molar-refractivity contribution is 6.14. The van der Waals surface area contributed by atoms with Gasteiger partial charge in [-0.25, -0.2) is 14.6 Å². The summed E-state index contributed by atoms with van der Waals surface area (Å²) in [6, 6.07) is 0. The maximum absolute atomic E-state index is 11.7. The van der Waals surface area contributed by atoms with Gasteiger partial charge < -0.3 is 14.8 Å². The van der Waals surface area contributed by atoms with Crippen molar-refractivity contribution in [3.05, 3.63) is 29.9 Å². The molecule has 1 aromatic rings. The van der Waals surface area contributed by atoms with E-state index < -0.39 is 11.9 Å². The van der Waals surface area contributed by atoms with Crippen LogP contribution < -0.4 is 5.32 Å². The Balaban J connectivity index is 2.89. The molecule has 0 atom stereocenters. The van der Waals surface area contributed by atoms with Crippen molar-refractivity contribution in [1.29, 1.82) is 0 Å². The molecule has 7 heteroatoms. The lowest BCUT2D eigenvalue weighted by Gasteiger charge is -2.07. The fraction of sp³-hybridized carbons (Fsp3) is 0.385. The average molecular weight is 279 g/mol. The van der Waals surface area contributed by atoms with Gasteiger partial charge in [0.1, 0.15) is 5.82 Å². The van der Waals surface area contributed by atoms with Crippen molar-refractivity contribution in [3.8, 4) is 0 Å². The van der Waals surface area contributed by atoms with Crippen molar-refractivity contribution in [2.24, 2.45) is 0 Å². The van der Waals surface area contributed by atoms with E-state index in [-0.39, 0.29) is 18.8 Å². The molecule has 0 saturated heterocycles. The Morgan fingerprint density at radius 3 is 2.30 bits per heavy atom. The molecule has 1 N–H and O–H groups in total. The van der Waals surface area contributed by atoms with E-state index in [1.54, 1.807) is 27.0 Å². The highest BCUT2D eigenvalue weighted by Crippen LogP contribution is 2.06. The van der Waals surface area contributed by atoms with Crippen LogP contribution in [0.5, 0.6) is 0 Å². The lowest BCUT2D eigenvalue weighted by molar-refractivity contribution is -0.146. The summed E-state index contributed by atoms with van der Waals surface area (Å²) in [7, 11) is 0. The van der Waals surface area contributed by atoms with Gasteiger partial charge in [-0.05, 0) is 20.8 Å². The third-order valence-electron chi connectivity index (χ3n) is 2.11. The molecule has 0 aliphatic rings. The smallest absolute Gasteiger partial charge is 0.347 e. The Morgan fingerprint density at radius 1 is 1.20 bits per heavy atom. The van der Waals surface area contributed by atoms with Gasteiger partial charge in [0.25, 0.3) is 0 Å². The maximum Gasteiger partial charge on any atom is 0.347 e. The van der Waals surface area contributed by atoms with Crippen molar-refractivity contribution >= 4 is 17.8 Å². The average Bonchev–Trinajstić information content (AvgIpc) is 2.39. The van der Waals surface area contributed by atoms with E-state index in [9.17, 15) is 9.59 Å². The number of rotatable bonds is 6. The summed E-state index contributed by atoms with van der Waals surface area (Å²) in [5.41, 5.74) is 0.481. The molecule has 20 heavy (non-hydrogen) atoms. The van der Waals surface area contributed by atoms with Gasteiger partial charge in [-0.1, -0.05) is 0 Å². The Morgan fingerprint density at radius 2 is 1.80 bits per heavy atom. The number of aromatic nitrogens is 2. The topological polar surface area (TPSA) is 90.4 Å². The fourth-order valence-corrected chi connectivity index (χ4v) is 1.30. The fourth-order valence-electron chi connectivity index (χ4n) is 1.30. The zero-order valence-corrected chi connectivity index (χ0v) is 11.7. The molecule has 1 rings (SSSR count). The summed E-state index contributed by atoms with van der Waals surface area (Å²) >= 11 is 0. The van der Waals surface area contributed by atoms with Gasteiger partial charge in [0.15, 0.2) is 5.57 Å². The summed E-state index contributed by atoms with van der Waals surface area (Å²) in [6.07, 6.45) is 4.27. The van der Waals surface area contributed by atoms with Gasteiger partial charge in [-0.3, -0.25) is 4.98 Å². The van der Waals surface area contributed by atoms with Crippen molar-refractivity contribution in [2.45, 2.75) is 20.8 Å². The molecule has 0 fully saturated rings. The van der Waals surface area contributed by atoms with E-state index in [1.165, 1.54) is 12.4 Å². The van der Waals surface area contributed by atoms with Gasteiger partial charge in [-0.2, -0.15) is 0 Å². The van der Waals surface area contributed by atoms with E-state index in [2.05, 4.69) is 15.3 Å². The number of esters is 2. The first-order valence-corrected chi connectivity index (χ1v) is 6.18. The number of hydrogen-bond acceptors (Lipinski definition) is 7. The number of nitrogens with zero attached hydrogens (tertiary/aromatic N) is 2. The van der Waals surface area contributed by atoms with Crippen molar-refractivity contribution in [2.75, 3.05) is 18.5 Å². The first kappa shape index (κ1) is 15.6. The van der Waals surface area contributed by atoms with Gasteiger partial charge in [0, 0.05) is 12.4 Å². The van der Waals surface area contributed by atoms with Crippen LogP contribution in [0.4, 0.5) is 5.82 Å². The molecule has 1 aromatic heterocycles. The highest BCUT2D eigenvalue weighted by Gasteiger charge is 2.20. The molecule has 0 bridgehead atoms. The molecule has 0 unspecified atom stereocenters. The molecule has 0 radical (unpaired) electrons. The second-order valence-electron chi connectivity index (χ2n) is 3.69. The number of anilines is 1. The SMILES string of the molecule is CCOC(=O)C(=CNc1cncc(C)n1)C(=O)OCC. The van der Waals surface area contributed by atoms with Gasteiger partial charge in [0.2, 0.25) is 0 Å². The first-order chi connectivity index (χ1) is 9.58. The monoisotopic (exact) mass is 279 g/mol. The molecule has 0 aliphatic carbocycles. The number of ether oxygens (including phenoxy) is 2. The van der Waals surface area contributed by atoms with Crippen LogP contribution in [0, 0.1) is 6.92 Å². The Bertz CT molecular complexity index is 494. The lowest BCUT2D eigenvalue weighted by Crippen LogP contribution is -2.19. The third kappa shape index (κ3) is 4.68. The van der Waals surface area contributed by atoms with Gasteiger partial charge >= 0.3 is 11.9 Å². The van der Waals surface area contributed by atoms with E-state index >= 15 is 0 Å². The molecule has 7 nitrogen and oxygen atoms in total. The summed E-state index contributed by atoms with van der Waals surface area (Å²) in [5.74, 6) is -1.09. The Kier molecular flexibility index (Phi) is 6.15. The maximum atomic E-state index is 11.7. The predicted molar refractivity (Wildman–Crippen MR) is 71.7 cm³/mol. The van der Waals surface area contributed by atoms with Crippen LogP contribution in [0.25, 0.3) is 0 Å². The molecule has 108 valence electrons. The summed E-state index contributed by atoms with van der Waals surface area (Å²) in [6.45, 7) is 5.42. The van der Waals surface area contributed by atoms with Crippen LogP contribution in [0.2, 0.25) is 0 Å². The summed E-state index contributed by atoms with van der Waals surface area (Å²) in [5, 5.41) is 2.73. The summed E-state index contributed by atoms with van der Waals surface area (Å²) in [4.78, 5) is 31.4. The van der Waals surface area contributed by atoms with E-state index in [0.29, 0.717) is 11.5 Å². The zero-order valence-electron chi connectivity index (χ0n) is 11.7. The van der Waals surface area contributed by atoms with E-state index in [0.717, 1.165) is 0 Å². The number of carbonyl (C=O) groups excluding carboxylic acids is 2. The zero-order chi connectivity index (χ0) is 15.0. The lowest BCUT2D eigenvalue weighted by atomic mass is 10.3. The van der Waals surface area contributed by atoms with E-state index in [4.69, 9.17) is 9.47 Å². The van der Waals surface area contributed by atoms with Crippen LogP contribution in [0.3, 0.4) is 0 Å².